The molecule has 9 nitrogen and oxygen atoms in total. The van der Waals surface area contributed by atoms with Gasteiger partial charge in [-0.3, -0.25) is 24.2 Å². The number of fused-ring (bicyclic) bond motifs is 4. The molecule has 2 saturated heterocycles. The molecule has 9 heteroatoms. The largest absolute Gasteiger partial charge is 0.496 e. The maximum atomic E-state index is 13.5. The van der Waals surface area contributed by atoms with Crippen LogP contribution in [0.5, 0.6) is 5.75 Å². The van der Waals surface area contributed by atoms with Gasteiger partial charge in [-0.15, -0.1) is 0 Å². The first-order valence-corrected chi connectivity index (χ1v) is 11.2. The summed E-state index contributed by atoms with van der Waals surface area (Å²) in [7, 11) is 4.36. The molecule has 0 aliphatic carbocycles. The van der Waals surface area contributed by atoms with E-state index in [-0.39, 0.29) is 18.4 Å². The number of hydrogen-bond acceptors (Lipinski definition) is 6. The van der Waals surface area contributed by atoms with Crippen LogP contribution in [0.4, 0.5) is 16.2 Å². The highest BCUT2D eigenvalue weighted by molar-refractivity contribution is 6.20. The molecule has 2 fully saturated rings. The maximum Gasteiger partial charge on any atom is 0.332 e. The van der Waals surface area contributed by atoms with E-state index < -0.39 is 23.3 Å². The summed E-state index contributed by atoms with van der Waals surface area (Å²) in [5, 5.41) is 2.90. The molecule has 176 valence electrons. The summed E-state index contributed by atoms with van der Waals surface area (Å²) in [6.45, 7) is 0.717. The number of ether oxygens (including phenoxy) is 1. The van der Waals surface area contributed by atoms with Crippen molar-refractivity contribution in [3.8, 4) is 5.75 Å². The van der Waals surface area contributed by atoms with Gasteiger partial charge >= 0.3 is 6.03 Å². The highest BCUT2D eigenvalue weighted by atomic mass is 16.5. The predicted octanol–water partition coefficient (Wildman–Crippen LogP) is 2.51. The van der Waals surface area contributed by atoms with Crippen LogP contribution in [0.2, 0.25) is 0 Å². The normalized spacial score (nSPS) is 21.0. The van der Waals surface area contributed by atoms with E-state index >= 15 is 0 Å². The number of anilines is 2. The van der Waals surface area contributed by atoms with Crippen LogP contribution in [-0.2, 0) is 16.0 Å². The van der Waals surface area contributed by atoms with Crippen molar-refractivity contribution in [2.45, 2.75) is 25.3 Å². The number of carbonyl (C=O) groups is 4. The van der Waals surface area contributed by atoms with Crippen molar-refractivity contribution in [2.24, 2.45) is 5.41 Å². The molecule has 1 N–H and O–H groups in total. The number of benzene rings is 2. The fourth-order valence-corrected chi connectivity index (χ4v) is 5.63. The van der Waals surface area contributed by atoms with E-state index in [9.17, 15) is 19.2 Å². The Morgan fingerprint density at radius 3 is 2.47 bits per heavy atom. The van der Waals surface area contributed by atoms with Crippen molar-refractivity contribution in [3.63, 3.8) is 0 Å². The number of amides is 5. The lowest BCUT2D eigenvalue weighted by Gasteiger charge is -2.50. The van der Waals surface area contributed by atoms with Gasteiger partial charge in [0.25, 0.3) is 5.91 Å². The number of rotatable bonds is 3. The Morgan fingerprint density at radius 2 is 1.76 bits per heavy atom. The first-order chi connectivity index (χ1) is 16.3. The van der Waals surface area contributed by atoms with Crippen LogP contribution in [0, 0.1) is 5.41 Å². The minimum absolute atomic E-state index is 0.168. The van der Waals surface area contributed by atoms with Gasteiger partial charge in [-0.2, -0.15) is 0 Å². The highest BCUT2D eigenvalue weighted by Gasteiger charge is 2.63. The first-order valence-electron chi connectivity index (χ1n) is 11.2. The van der Waals surface area contributed by atoms with E-state index in [1.54, 1.807) is 24.3 Å². The van der Waals surface area contributed by atoms with Gasteiger partial charge in [0.05, 0.1) is 18.7 Å². The molecule has 1 atom stereocenters. The number of methoxy groups -OCH3 is 1. The third kappa shape index (κ3) is 2.99. The monoisotopic (exact) mass is 462 g/mol. The average molecular weight is 463 g/mol. The van der Waals surface area contributed by atoms with Gasteiger partial charge in [0.1, 0.15) is 5.75 Å². The number of nitrogens with zero attached hydrogens (tertiary/aromatic N) is 3. The number of hydrogen-bond donors (Lipinski definition) is 1. The SMILES string of the molecule is COc1ccccc1C(=O)Nc1ccc2c(c1)CC1(C(=O)N(C)C(=O)N(C)C1=O)[C@@H]1CCCN21. The van der Waals surface area contributed by atoms with Gasteiger partial charge in [0, 0.05) is 32.0 Å². The van der Waals surface area contributed by atoms with Crippen molar-refractivity contribution in [1.82, 2.24) is 9.80 Å². The first kappa shape index (κ1) is 21.9. The number of carbonyl (C=O) groups excluding carboxylic acids is 4. The van der Waals surface area contributed by atoms with Crippen LogP contribution in [0.25, 0.3) is 0 Å². The molecule has 0 saturated carbocycles. The number of urea groups is 1. The van der Waals surface area contributed by atoms with Crippen LogP contribution < -0.4 is 15.0 Å². The maximum absolute atomic E-state index is 13.5. The fraction of sp³-hybridized carbons (Fsp3) is 0.360. The zero-order valence-electron chi connectivity index (χ0n) is 19.3. The summed E-state index contributed by atoms with van der Waals surface area (Å²) in [4.78, 5) is 56.5. The number of barbiturate groups is 1. The van der Waals surface area contributed by atoms with Crippen LogP contribution in [-0.4, -0.2) is 67.3 Å². The second-order valence-electron chi connectivity index (χ2n) is 9.01. The topological polar surface area (TPSA) is 99.3 Å². The molecule has 3 heterocycles. The molecule has 2 aromatic carbocycles. The highest BCUT2D eigenvalue weighted by Crippen LogP contribution is 2.49. The molecule has 5 rings (SSSR count). The van der Waals surface area contributed by atoms with Crippen LogP contribution >= 0.6 is 0 Å². The molecule has 0 aromatic heterocycles. The van der Waals surface area contributed by atoms with Crippen molar-refractivity contribution >= 4 is 35.1 Å². The van der Waals surface area contributed by atoms with E-state index in [0.717, 1.165) is 27.5 Å². The Kier molecular flexibility index (Phi) is 5.07. The fourth-order valence-electron chi connectivity index (χ4n) is 5.63. The molecule has 1 spiro atoms. The Balaban J connectivity index is 1.53. The van der Waals surface area contributed by atoms with Gasteiger partial charge < -0.3 is 15.0 Å². The minimum Gasteiger partial charge on any atom is -0.496 e. The zero-order chi connectivity index (χ0) is 24.2. The standard InChI is InChI=1S/C25H26N4O5/c1-27-22(31)25(23(32)28(2)24(27)33)14-15-13-16(10-11-18(15)29-12-6-9-20(25)29)26-21(30)17-7-4-5-8-19(17)34-3/h4-5,7-8,10-11,13,20H,6,9,12,14H2,1-3H3,(H,26,30)/t20-/m0/s1. The summed E-state index contributed by atoms with van der Waals surface area (Å²) >= 11 is 0. The minimum atomic E-state index is -1.37. The average Bonchev–Trinajstić information content (AvgIpc) is 3.35. The lowest BCUT2D eigenvalue weighted by Crippen LogP contribution is -2.70. The van der Waals surface area contributed by atoms with E-state index in [4.69, 9.17) is 4.74 Å². The third-order valence-electron chi connectivity index (χ3n) is 7.24. The van der Waals surface area contributed by atoms with Gasteiger partial charge in [0.2, 0.25) is 11.8 Å². The lowest BCUT2D eigenvalue weighted by molar-refractivity contribution is -0.159. The van der Waals surface area contributed by atoms with E-state index in [1.807, 2.05) is 18.2 Å². The number of nitrogens with one attached hydrogen (secondary N) is 1. The molecule has 3 aliphatic rings. The summed E-state index contributed by atoms with van der Waals surface area (Å²) in [5.41, 5.74) is 1.32. The Bertz CT molecular complexity index is 1200. The van der Waals surface area contributed by atoms with Gasteiger partial charge in [-0.25, -0.2) is 4.79 Å². The number of para-hydroxylation sites is 1. The van der Waals surface area contributed by atoms with E-state index in [0.29, 0.717) is 30.0 Å². The molecular formula is C25H26N4O5. The Labute approximate surface area is 197 Å². The number of imide groups is 2. The third-order valence-corrected chi connectivity index (χ3v) is 7.24. The van der Waals surface area contributed by atoms with Crippen molar-refractivity contribution in [1.29, 1.82) is 0 Å². The van der Waals surface area contributed by atoms with Crippen molar-refractivity contribution in [3.05, 3.63) is 53.6 Å². The van der Waals surface area contributed by atoms with Gasteiger partial charge in [0.15, 0.2) is 5.41 Å². The second-order valence-corrected chi connectivity index (χ2v) is 9.01. The molecular weight excluding hydrogens is 436 g/mol. The quantitative estimate of drug-likeness (QED) is 0.704. The van der Waals surface area contributed by atoms with Crippen LogP contribution in [0.3, 0.4) is 0 Å². The Hall–Kier alpha value is -3.88. The second kappa shape index (κ2) is 7.86. The van der Waals surface area contributed by atoms with Crippen molar-refractivity contribution in [2.75, 3.05) is 38.0 Å². The zero-order valence-corrected chi connectivity index (χ0v) is 19.3. The van der Waals surface area contributed by atoms with E-state index in [2.05, 4.69) is 10.2 Å². The molecule has 0 bridgehead atoms. The molecule has 0 radical (unpaired) electrons. The molecule has 34 heavy (non-hydrogen) atoms. The smallest absolute Gasteiger partial charge is 0.332 e. The van der Waals surface area contributed by atoms with Gasteiger partial charge in [-0.05, 0) is 55.2 Å². The summed E-state index contributed by atoms with van der Waals surface area (Å²) in [6, 6.07) is 11.6. The van der Waals surface area contributed by atoms with Crippen LogP contribution in [0.15, 0.2) is 42.5 Å². The summed E-state index contributed by atoms with van der Waals surface area (Å²) in [5.74, 6) is -0.791. The molecule has 5 amide bonds. The van der Waals surface area contributed by atoms with E-state index in [1.165, 1.54) is 21.2 Å². The summed E-state index contributed by atoms with van der Waals surface area (Å²) < 4.78 is 5.29. The van der Waals surface area contributed by atoms with Crippen molar-refractivity contribution < 1.29 is 23.9 Å². The summed E-state index contributed by atoms with van der Waals surface area (Å²) in [6.07, 6.45) is 1.71. The Morgan fingerprint density at radius 1 is 1.06 bits per heavy atom. The lowest BCUT2D eigenvalue weighted by atomic mass is 9.68. The molecule has 0 unspecified atom stereocenters. The molecule has 3 aliphatic heterocycles. The van der Waals surface area contributed by atoms with Gasteiger partial charge in [-0.1, -0.05) is 12.1 Å². The van der Waals surface area contributed by atoms with Crippen LogP contribution in [0.1, 0.15) is 28.8 Å². The molecule has 2 aromatic rings. The predicted molar refractivity (Wildman–Crippen MR) is 125 cm³/mol.